The maximum atomic E-state index is 5.10. The lowest BCUT2D eigenvalue weighted by atomic mass is 10.1. The van der Waals surface area contributed by atoms with E-state index in [1.165, 1.54) is 12.8 Å². The molecule has 0 radical (unpaired) electrons. The van der Waals surface area contributed by atoms with Crippen LogP contribution in [0.4, 0.5) is 0 Å². The van der Waals surface area contributed by atoms with Crippen LogP contribution in [0.1, 0.15) is 26.7 Å². The number of hydrogen-bond acceptors (Lipinski definition) is 3. The molecule has 0 aliphatic rings. The zero-order valence-corrected chi connectivity index (χ0v) is 7.69. The van der Waals surface area contributed by atoms with Crippen molar-refractivity contribution in [1.82, 2.24) is 10.7 Å². The molecule has 4 N–H and O–H groups in total. The maximum Gasteiger partial charge on any atom is 0.0223 e. The molecule has 3 heteroatoms. The third-order valence-corrected chi connectivity index (χ3v) is 1.58. The minimum atomic E-state index is 0.824. The molecule has 0 heterocycles. The van der Waals surface area contributed by atoms with Gasteiger partial charge in [-0.15, -0.1) is 0 Å². The number of rotatable bonds is 7. The Hall–Kier alpha value is -0.120. The fourth-order valence-electron chi connectivity index (χ4n) is 0.921. The lowest BCUT2D eigenvalue weighted by Gasteiger charge is -2.05. The Labute approximate surface area is 69.7 Å². The van der Waals surface area contributed by atoms with Crippen molar-refractivity contribution in [1.29, 1.82) is 0 Å². The normalized spacial score (nSPS) is 10.9. The van der Waals surface area contributed by atoms with Crippen LogP contribution in [0.5, 0.6) is 0 Å². The number of hydrogen-bond donors (Lipinski definition) is 3. The predicted molar refractivity (Wildman–Crippen MR) is 49.1 cm³/mol. The molecule has 0 aromatic heterocycles. The van der Waals surface area contributed by atoms with E-state index in [9.17, 15) is 0 Å². The van der Waals surface area contributed by atoms with E-state index in [-0.39, 0.29) is 0 Å². The minimum absolute atomic E-state index is 0.824. The first-order valence-electron chi connectivity index (χ1n) is 4.41. The highest BCUT2D eigenvalue weighted by atomic mass is 15.2. The Morgan fingerprint density at radius 2 is 1.91 bits per heavy atom. The second-order valence-electron chi connectivity index (χ2n) is 3.24. The molecular weight excluding hydrogens is 138 g/mol. The van der Waals surface area contributed by atoms with Gasteiger partial charge in [0, 0.05) is 13.1 Å². The van der Waals surface area contributed by atoms with E-state index in [2.05, 4.69) is 24.6 Å². The first kappa shape index (κ1) is 10.9. The molecule has 0 rings (SSSR count). The van der Waals surface area contributed by atoms with Crippen molar-refractivity contribution < 1.29 is 0 Å². The van der Waals surface area contributed by atoms with Gasteiger partial charge in [-0.2, -0.15) is 0 Å². The molecule has 0 saturated heterocycles. The van der Waals surface area contributed by atoms with Crippen molar-refractivity contribution >= 4 is 0 Å². The molecular formula is C8H21N3. The van der Waals surface area contributed by atoms with Crippen molar-refractivity contribution in [2.24, 2.45) is 11.8 Å². The van der Waals surface area contributed by atoms with Gasteiger partial charge in [0.1, 0.15) is 0 Å². The van der Waals surface area contributed by atoms with E-state index in [0.717, 1.165) is 25.6 Å². The summed E-state index contributed by atoms with van der Waals surface area (Å²) in [4.78, 5) is 0. The molecule has 0 amide bonds. The summed E-state index contributed by atoms with van der Waals surface area (Å²) in [5, 5.41) is 3.30. The SMILES string of the molecule is CC(C)CCCNCCNN. The van der Waals surface area contributed by atoms with Gasteiger partial charge < -0.3 is 5.32 Å². The number of hydrazine groups is 1. The average Bonchev–Trinajstić information content (AvgIpc) is 1.96. The largest absolute Gasteiger partial charge is 0.315 e. The van der Waals surface area contributed by atoms with Gasteiger partial charge in [0.05, 0.1) is 0 Å². The summed E-state index contributed by atoms with van der Waals surface area (Å²) in [6.07, 6.45) is 2.57. The smallest absolute Gasteiger partial charge is 0.0223 e. The molecule has 0 saturated carbocycles. The summed E-state index contributed by atoms with van der Waals surface area (Å²) in [6.45, 7) is 7.43. The standard InChI is InChI=1S/C8H21N3/c1-8(2)4-3-5-10-6-7-11-9/h8,10-11H,3-7,9H2,1-2H3. The Balaban J connectivity index is 2.80. The van der Waals surface area contributed by atoms with E-state index in [0.29, 0.717) is 0 Å². The van der Waals surface area contributed by atoms with Crippen LogP contribution in [0.2, 0.25) is 0 Å². The average molecular weight is 159 g/mol. The summed E-state index contributed by atoms with van der Waals surface area (Å²) in [5.74, 6) is 5.93. The van der Waals surface area contributed by atoms with Gasteiger partial charge in [-0.05, 0) is 25.3 Å². The molecule has 0 spiro atoms. The van der Waals surface area contributed by atoms with Crippen LogP contribution in [0.3, 0.4) is 0 Å². The van der Waals surface area contributed by atoms with Crippen LogP contribution in [0.15, 0.2) is 0 Å². The summed E-state index contributed by atoms with van der Waals surface area (Å²) in [6, 6.07) is 0. The Morgan fingerprint density at radius 3 is 2.45 bits per heavy atom. The Kier molecular flexibility index (Phi) is 7.89. The topological polar surface area (TPSA) is 50.1 Å². The lowest BCUT2D eigenvalue weighted by molar-refractivity contribution is 0.523. The van der Waals surface area contributed by atoms with Crippen molar-refractivity contribution in [2.75, 3.05) is 19.6 Å². The van der Waals surface area contributed by atoms with Crippen molar-refractivity contribution in [3.8, 4) is 0 Å². The van der Waals surface area contributed by atoms with Crippen LogP contribution in [0.25, 0.3) is 0 Å². The predicted octanol–water partition coefficient (Wildman–Crippen LogP) is 0.476. The molecule has 0 aliphatic carbocycles. The summed E-state index contributed by atoms with van der Waals surface area (Å²) >= 11 is 0. The Bertz CT molecular complexity index is 73.7. The monoisotopic (exact) mass is 159 g/mol. The van der Waals surface area contributed by atoms with E-state index in [1.807, 2.05) is 0 Å². The summed E-state index contributed by atoms with van der Waals surface area (Å²) in [5.41, 5.74) is 2.60. The van der Waals surface area contributed by atoms with Crippen molar-refractivity contribution in [3.63, 3.8) is 0 Å². The minimum Gasteiger partial charge on any atom is -0.315 e. The van der Waals surface area contributed by atoms with Crippen molar-refractivity contribution in [3.05, 3.63) is 0 Å². The van der Waals surface area contributed by atoms with Crippen LogP contribution in [-0.2, 0) is 0 Å². The van der Waals surface area contributed by atoms with E-state index in [4.69, 9.17) is 5.84 Å². The fourth-order valence-corrected chi connectivity index (χ4v) is 0.921. The summed E-state index contributed by atoms with van der Waals surface area (Å²) < 4.78 is 0. The molecule has 0 atom stereocenters. The van der Waals surface area contributed by atoms with Gasteiger partial charge in [-0.25, -0.2) is 0 Å². The highest BCUT2D eigenvalue weighted by molar-refractivity contribution is 4.51. The molecule has 0 aromatic rings. The van der Waals surface area contributed by atoms with Crippen LogP contribution in [0, 0.1) is 5.92 Å². The number of nitrogens with two attached hydrogens (primary N) is 1. The molecule has 68 valence electrons. The quantitative estimate of drug-likeness (QED) is 0.288. The zero-order chi connectivity index (χ0) is 8.53. The Morgan fingerprint density at radius 1 is 1.18 bits per heavy atom. The van der Waals surface area contributed by atoms with Gasteiger partial charge in [0.2, 0.25) is 0 Å². The van der Waals surface area contributed by atoms with Gasteiger partial charge in [-0.3, -0.25) is 11.3 Å². The zero-order valence-electron chi connectivity index (χ0n) is 7.69. The molecule has 11 heavy (non-hydrogen) atoms. The third kappa shape index (κ3) is 9.88. The lowest BCUT2D eigenvalue weighted by Crippen LogP contribution is -2.32. The van der Waals surface area contributed by atoms with Crippen LogP contribution < -0.4 is 16.6 Å². The molecule has 0 fully saturated rings. The maximum absolute atomic E-state index is 5.10. The fraction of sp³-hybridized carbons (Fsp3) is 1.00. The van der Waals surface area contributed by atoms with E-state index < -0.39 is 0 Å². The second kappa shape index (κ2) is 7.98. The molecule has 0 aromatic carbocycles. The molecule has 0 unspecified atom stereocenters. The van der Waals surface area contributed by atoms with Crippen molar-refractivity contribution in [2.45, 2.75) is 26.7 Å². The highest BCUT2D eigenvalue weighted by Gasteiger charge is 1.92. The molecule has 0 bridgehead atoms. The number of nitrogens with one attached hydrogen (secondary N) is 2. The highest BCUT2D eigenvalue weighted by Crippen LogP contribution is 2.01. The van der Waals surface area contributed by atoms with E-state index in [1.54, 1.807) is 0 Å². The first-order chi connectivity index (χ1) is 5.27. The van der Waals surface area contributed by atoms with Gasteiger partial charge in [0.15, 0.2) is 0 Å². The first-order valence-corrected chi connectivity index (χ1v) is 4.41. The third-order valence-electron chi connectivity index (χ3n) is 1.58. The van der Waals surface area contributed by atoms with Gasteiger partial charge in [-0.1, -0.05) is 13.8 Å². The second-order valence-corrected chi connectivity index (χ2v) is 3.24. The van der Waals surface area contributed by atoms with Gasteiger partial charge in [0.25, 0.3) is 0 Å². The van der Waals surface area contributed by atoms with E-state index >= 15 is 0 Å². The summed E-state index contributed by atoms with van der Waals surface area (Å²) in [7, 11) is 0. The molecule has 3 nitrogen and oxygen atoms in total. The van der Waals surface area contributed by atoms with Crippen LogP contribution in [-0.4, -0.2) is 19.6 Å². The molecule has 0 aliphatic heterocycles. The van der Waals surface area contributed by atoms with Gasteiger partial charge >= 0.3 is 0 Å². The van der Waals surface area contributed by atoms with Crippen LogP contribution >= 0.6 is 0 Å².